The standard InChI is InChI=1S/C31H51ClN12O8/c32-25-27(34)43-26(33)22(42-25)29(51)44-31(37)40-12-3-1-5-17-7-9-18(10-8-17)52-14-13-38-28(50)19(6-2-4-11-39-30(35)36)41-15-20(46)23(48)24(49)21(47)16-45/h7-10,19-21,23-24,41,45-49H,1-6,11-16H2,(H,38,50)(H4,33,34,43)(H4,35,36,39)(H3,37,40,44,51)/t19-,20-,21+,23+,24+/m0/s1. The number of aliphatic hydroxyl groups is 5. The molecule has 1 aromatic carbocycles. The first-order valence-electron chi connectivity index (χ1n) is 16.6. The number of benzene rings is 1. The molecule has 52 heavy (non-hydrogen) atoms. The minimum Gasteiger partial charge on any atom is -0.492 e. The molecule has 290 valence electrons. The summed E-state index contributed by atoms with van der Waals surface area (Å²) in [7, 11) is 0. The molecule has 0 aliphatic heterocycles. The number of nitrogen functional groups attached to an aromatic ring is 2. The second-order valence-electron chi connectivity index (χ2n) is 11.7. The van der Waals surface area contributed by atoms with Crippen LogP contribution in [-0.2, 0) is 11.2 Å². The van der Waals surface area contributed by atoms with Gasteiger partial charge in [0.25, 0.3) is 5.91 Å². The largest absolute Gasteiger partial charge is 0.492 e. The fourth-order valence-corrected chi connectivity index (χ4v) is 4.81. The third-order valence-electron chi connectivity index (χ3n) is 7.60. The van der Waals surface area contributed by atoms with Crippen molar-refractivity contribution in [2.45, 2.75) is 69.0 Å². The highest BCUT2D eigenvalue weighted by atomic mass is 35.5. The normalized spacial score (nSPS) is 14.0. The van der Waals surface area contributed by atoms with E-state index in [0.29, 0.717) is 44.5 Å². The molecule has 18 N–H and O–H groups in total. The van der Waals surface area contributed by atoms with Crippen LogP contribution in [0.25, 0.3) is 0 Å². The van der Waals surface area contributed by atoms with Crippen LogP contribution in [0.3, 0.4) is 0 Å². The Hall–Kier alpha value is -4.57. The van der Waals surface area contributed by atoms with Gasteiger partial charge in [0.1, 0.15) is 30.7 Å². The number of halogens is 1. The number of carbonyl (C=O) groups is 2. The van der Waals surface area contributed by atoms with Crippen LogP contribution in [0, 0.1) is 10.8 Å². The van der Waals surface area contributed by atoms with Crippen LogP contribution in [-0.4, -0.2) is 129 Å². The molecule has 1 heterocycles. The lowest BCUT2D eigenvalue weighted by Crippen LogP contribution is -2.52. The first-order valence-corrected chi connectivity index (χ1v) is 17.0. The summed E-state index contributed by atoms with van der Waals surface area (Å²) in [6.07, 6.45) is -2.95. The number of nitrogens with zero attached hydrogens (tertiary/aromatic N) is 2. The lowest BCUT2D eigenvalue weighted by Gasteiger charge is -2.27. The van der Waals surface area contributed by atoms with Gasteiger partial charge in [-0.3, -0.25) is 25.7 Å². The molecular weight excluding hydrogens is 704 g/mol. The molecule has 0 spiro atoms. The van der Waals surface area contributed by atoms with Gasteiger partial charge in [0, 0.05) is 19.6 Å². The number of aliphatic hydroxyl groups excluding tert-OH is 5. The first-order chi connectivity index (χ1) is 24.7. The van der Waals surface area contributed by atoms with Gasteiger partial charge < -0.3 is 68.7 Å². The number of amides is 2. The Morgan fingerprint density at radius 2 is 1.52 bits per heavy atom. The van der Waals surface area contributed by atoms with Crippen LogP contribution in [0.15, 0.2) is 24.3 Å². The van der Waals surface area contributed by atoms with Crippen molar-refractivity contribution in [1.82, 2.24) is 36.6 Å². The van der Waals surface area contributed by atoms with Gasteiger partial charge in [-0.1, -0.05) is 23.7 Å². The SMILES string of the molecule is N=C(N)NCCCC[C@H](NC[C@H](O)[C@@H](O)[C@H](O)[C@H](O)CO)C(=O)NCCOc1ccc(CCCCNC(=N)NC(=O)c2nc(Cl)c(N)nc2N)cc1. The summed E-state index contributed by atoms with van der Waals surface area (Å²) in [4.78, 5) is 32.8. The van der Waals surface area contributed by atoms with Gasteiger partial charge in [0.15, 0.2) is 34.4 Å². The predicted molar refractivity (Wildman–Crippen MR) is 194 cm³/mol. The summed E-state index contributed by atoms with van der Waals surface area (Å²) in [5.41, 5.74) is 17.3. The molecule has 21 heteroatoms. The Morgan fingerprint density at radius 1 is 0.865 bits per heavy atom. The Balaban J connectivity index is 1.72. The van der Waals surface area contributed by atoms with Crippen LogP contribution in [0.1, 0.15) is 48.2 Å². The number of unbranched alkanes of at least 4 members (excludes halogenated alkanes) is 2. The van der Waals surface area contributed by atoms with E-state index in [1.165, 1.54) is 0 Å². The van der Waals surface area contributed by atoms with Crippen LogP contribution >= 0.6 is 11.6 Å². The van der Waals surface area contributed by atoms with E-state index in [1.54, 1.807) is 0 Å². The highest BCUT2D eigenvalue weighted by Gasteiger charge is 2.31. The lowest BCUT2D eigenvalue weighted by atomic mass is 10.0. The molecule has 0 unspecified atom stereocenters. The number of rotatable bonds is 23. The zero-order valence-electron chi connectivity index (χ0n) is 28.6. The number of hydrogen-bond acceptors (Lipinski definition) is 15. The van der Waals surface area contributed by atoms with E-state index in [4.69, 9.17) is 49.5 Å². The maximum atomic E-state index is 12.9. The molecule has 2 aromatic rings. The van der Waals surface area contributed by atoms with Crippen LogP contribution in [0.4, 0.5) is 11.6 Å². The van der Waals surface area contributed by atoms with Crippen molar-refractivity contribution in [1.29, 1.82) is 10.8 Å². The number of nitrogens with one attached hydrogen (secondary N) is 7. The van der Waals surface area contributed by atoms with E-state index in [-0.39, 0.29) is 60.0 Å². The highest BCUT2D eigenvalue weighted by Crippen LogP contribution is 2.17. The first kappa shape index (κ1) is 43.6. The van der Waals surface area contributed by atoms with Gasteiger partial charge >= 0.3 is 0 Å². The summed E-state index contributed by atoms with van der Waals surface area (Å²) < 4.78 is 5.75. The number of aryl methyl sites for hydroxylation is 1. The quantitative estimate of drug-likeness (QED) is 0.0308. The summed E-state index contributed by atoms with van der Waals surface area (Å²) in [5.74, 6) is -1.22. The summed E-state index contributed by atoms with van der Waals surface area (Å²) in [6, 6.07) is 6.69. The maximum absolute atomic E-state index is 12.9. The number of anilines is 2. The van der Waals surface area contributed by atoms with Gasteiger partial charge in [0.2, 0.25) is 5.91 Å². The van der Waals surface area contributed by atoms with E-state index in [1.807, 2.05) is 24.3 Å². The second kappa shape index (κ2) is 23.1. The van der Waals surface area contributed by atoms with Gasteiger partial charge in [-0.05, 0) is 56.2 Å². The molecule has 0 fully saturated rings. The average molecular weight is 755 g/mol. The molecule has 2 rings (SSSR count). The molecule has 0 bridgehead atoms. The van der Waals surface area contributed by atoms with Gasteiger partial charge in [-0.15, -0.1) is 0 Å². The minimum absolute atomic E-state index is 0.104. The number of carbonyl (C=O) groups excluding carboxylic acids is 2. The molecule has 0 aliphatic rings. The topological polar surface area (TPSA) is 356 Å². The fourth-order valence-electron chi connectivity index (χ4n) is 4.68. The summed E-state index contributed by atoms with van der Waals surface area (Å²) >= 11 is 5.80. The van der Waals surface area contributed by atoms with E-state index in [9.17, 15) is 30.0 Å². The molecule has 2 amide bonds. The average Bonchev–Trinajstić information content (AvgIpc) is 3.11. The third kappa shape index (κ3) is 15.8. The lowest BCUT2D eigenvalue weighted by molar-refractivity contribution is -0.125. The van der Waals surface area contributed by atoms with Gasteiger partial charge in [-0.2, -0.15) is 0 Å². The van der Waals surface area contributed by atoms with Crippen molar-refractivity contribution in [3.63, 3.8) is 0 Å². The molecule has 1 aromatic heterocycles. The molecule has 0 saturated heterocycles. The van der Waals surface area contributed by atoms with Crippen molar-refractivity contribution >= 4 is 47.0 Å². The number of aromatic nitrogens is 2. The zero-order chi connectivity index (χ0) is 38.6. The smallest absolute Gasteiger partial charge is 0.280 e. The Bertz CT molecular complexity index is 1440. The Labute approximate surface area is 305 Å². The van der Waals surface area contributed by atoms with E-state index in [0.717, 1.165) is 18.4 Å². The van der Waals surface area contributed by atoms with Crippen LogP contribution < -0.4 is 48.5 Å². The van der Waals surface area contributed by atoms with Gasteiger partial charge in [-0.25, -0.2) is 9.97 Å². The molecule has 20 nitrogen and oxygen atoms in total. The molecular formula is C31H51ClN12O8. The molecule has 5 atom stereocenters. The minimum atomic E-state index is -1.79. The van der Waals surface area contributed by atoms with Crippen LogP contribution in [0.5, 0.6) is 5.75 Å². The van der Waals surface area contributed by atoms with E-state index in [2.05, 4.69) is 36.6 Å². The second-order valence-corrected chi connectivity index (χ2v) is 12.1. The van der Waals surface area contributed by atoms with Crippen molar-refractivity contribution in [2.24, 2.45) is 5.73 Å². The number of guanidine groups is 2. The molecule has 0 radical (unpaired) electrons. The summed E-state index contributed by atoms with van der Waals surface area (Å²) in [6.45, 7) is 0.125. The van der Waals surface area contributed by atoms with Crippen molar-refractivity contribution in [3.05, 3.63) is 40.7 Å². The van der Waals surface area contributed by atoms with Crippen molar-refractivity contribution in [2.75, 3.05) is 50.9 Å². The molecule has 0 aliphatic carbocycles. The van der Waals surface area contributed by atoms with Crippen molar-refractivity contribution < 1.29 is 39.9 Å². The monoisotopic (exact) mass is 754 g/mol. The highest BCUT2D eigenvalue weighted by molar-refractivity contribution is 6.31. The number of ether oxygens (including phenoxy) is 1. The van der Waals surface area contributed by atoms with Crippen molar-refractivity contribution in [3.8, 4) is 5.75 Å². The number of nitrogens with two attached hydrogens (primary N) is 3. The molecule has 0 saturated carbocycles. The summed E-state index contributed by atoms with van der Waals surface area (Å²) in [5, 5.41) is 77.2. The van der Waals surface area contributed by atoms with E-state index < -0.39 is 43.0 Å². The van der Waals surface area contributed by atoms with Gasteiger partial charge in [0.05, 0.1) is 25.3 Å². The fraction of sp³-hybridized carbons (Fsp3) is 0.548. The number of hydrogen-bond donors (Lipinski definition) is 15. The Morgan fingerprint density at radius 3 is 2.19 bits per heavy atom. The van der Waals surface area contributed by atoms with E-state index >= 15 is 0 Å². The zero-order valence-corrected chi connectivity index (χ0v) is 29.4. The maximum Gasteiger partial charge on any atom is 0.280 e. The Kier molecular flexibility index (Phi) is 19.4. The third-order valence-corrected chi connectivity index (χ3v) is 7.87. The van der Waals surface area contributed by atoms with Crippen LogP contribution in [0.2, 0.25) is 5.15 Å². The predicted octanol–water partition coefficient (Wildman–Crippen LogP) is -2.89.